The molecule has 1 heterocycles. The van der Waals surface area contributed by atoms with Crippen molar-refractivity contribution in [1.29, 1.82) is 0 Å². The van der Waals surface area contributed by atoms with Crippen molar-refractivity contribution < 1.29 is 4.79 Å². The van der Waals surface area contributed by atoms with Crippen LogP contribution in [0.3, 0.4) is 0 Å². The lowest BCUT2D eigenvalue weighted by Gasteiger charge is -2.26. The van der Waals surface area contributed by atoms with E-state index in [9.17, 15) is 4.79 Å². The molecule has 1 aliphatic rings. The third kappa shape index (κ3) is 2.67. The Bertz CT molecular complexity index is 684. The minimum absolute atomic E-state index is 0.129. The first-order valence-electron chi connectivity index (χ1n) is 7.09. The van der Waals surface area contributed by atoms with Gasteiger partial charge in [0.05, 0.1) is 5.69 Å². The summed E-state index contributed by atoms with van der Waals surface area (Å²) in [5.41, 5.74) is 9.39. The predicted octanol–water partition coefficient (Wildman–Crippen LogP) is 3.57. The predicted molar refractivity (Wildman–Crippen MR) is 86.6 cm³/mol. The van der Waals surface area contributed by atoms with Crippen molar-refractivity contribution in [2.24, 2.45) is 5.73 Å². The number of hydrogen-bond acceptors (Lipinski definition) is 3. The lowest BCUT2D eigenvalue weighted by molar-refractivity contribution is 0.0994. The second-order valence-corrected chi connectivity index (χ2v) is 5.62. The summed E-state index contributed by atoms with van der Waals surface area (Å²) in [6.07, 6.45) is 1.28. The minimum atomic E-state index is 0.129. The van der Waals surface area contributed by atoms with E-state index in [1.807, 2.05) is 30.3 Å². The molecule has 108 valence electrons. The number of hydrogen-bond donors (Lipinski definition) is 1. The maximum atomic E-state index is 12.5. The quantitative estimate of drug-likeness (QED) is 0.942. The topological polar surface area (TPSA) is 46.3 Å². The SMILES string of the molecule is NCCCN1c2ccccc2CC(=O)c2ccc(Cl)cc21. The van der Waals surface area contributed by atoms with E-state index in [2.05, 4.69) is 11.0 Å². The molecule has 0 saturated heterocycles. The third-order valence-electron chi connectivity index (χ3n) is 3.77. The lowest BCUT2D eigenvalue weighted by Crippen LogP contribution is -2.22. The number of carbonyl (C=O) groups excluding carboxylic acids is 1. The van der Waals surface area contributed by atoms with Crippen molar-refractivity contribution in [3.05, 3.63) is 58.6 Å². The van der Waals surface area contributed by atoms with Crippen LogP contribution in [0, 0.1) is 0 Å². The Labute approximate surface area is 129 Å². The van der Waals surface area contributed by atoms with Crippen molar-refractivity contribution in [1.82, 2.24) is 0 Å². The Morgan fingerprint density at radius 3 is 2.76 bits per heavy atom. The molecule has 21 heavy (non-hydrogen) atoms. The molecule has 0 spiro atoms. The van der Waals surface area contributed by atoms with Gasteiger partial charge in [0.2, 0.25) is 0 Å². The molecule has 0 bridgehead atoms. The van der Waals surface area contributed by atoms with Crippen molar-refractivity contribution in [3.8, 4) is 0 Å². The van der Waals surface area contributed by atoms with Gasteiger partial charge < -0.3 is 10.6 Å². The smallest absolute Gasteiger partial charge is 0.169 e. The number of ketones is 1. The highest BCUT2D eigenvalue weighted by molar-refractivity contribution is 6.31. The Kier molecular flexibility index (Phi) is 3.95. The van der Waals surface area contributed by atoms with Crippen LogP contribution in [0.2, 0.25) is 5.02 Å². The van der Waals surface area contributed by atoms with Crippen LogP contribution in [0.5, 0.6) is 0 Å². The van der Waals surface area contributed by atoms with Gasteiger partial charge in [-0.3, -0.25) is 4.79 Å². The molecule has 0 unspecified atom stereocenters. The summed E-state index contributed by atoms with van der Waals surface area (Å²) in [4.78, 5) is 14.7. The van der Waals surface area contributed by atoms with Crippen LogP contribution in [0.1, 0.15) is 22.3 Å². The number of fused-ring (bicyclic) bond motifs is 2. The maximum absolute atomic E-state index is 12.5. The Morgan fingerprint density at radius 2 is 1.95 bits per heavy atom. The summed E-state index contributed by atoms with van der Waals surface area (Å²) in [5, 5.41) is 0.638. The normalized spacial score (nSPS) is 13.6. The number of rotatable bonds is 3. The van der Waals surface area contributed by atoms with Gasteiger partial charge in [-0.2, -0.15) is 0 Å². The van der Waals surface area contributed by atoms with Crippen molar-refractivity contribution in [2.45, 2.75) is 12.8 Å². The molecule has 4 heteroatoms. The van der Waals surface area contributed by atoms with E-state index in [1.54, 1.807) is 6.07 Å². The largest absolute Gasteiger partial charge is 0.341 e. The minimum Gasteiger partial charge on any atom is -0.341 e. The molecular weight excluding hydrogens is 284 g/mol. The van der Waals surface area contributed by atoms with Crippen molar-refractivity contribution >= 4 is 28.8 Å². The zero-order valence-corrected chi connectivity index (χ0v) is 12.4. The van der Waals surface area contributed by atoms with Gasteiger partial charge in [-0.15, -0.1) is 0 Å². The van der Waals surface area contributed by atoms with Gasteiger partial charge in [0.15, 0.2) is 5.78 Å². The molecule has 3 rings (SSSR count). The zero-order chi connectivity index (χ0) is 14.8. The summed E-state index contributed by atoms with van der Waals surface area (Å²) >= 11 is 6.14. The van der Waals surface area contributed by atoms with E-state index in [4.69, 9.17) is 17.3 Å². The van der Waals surface area contributed by atoms with Gasteiger partial charge in [-0.05, 0) is 42.8 Å². The molecule has 2 aromatic carbocycles. The molecule has 3 nitrogen and oxygen atoms in total. The van der Waals surface area contributed by atoms with Gasteiger partial charge in [0.1, 0.15) is 0 Å². The first-order chi connectivity index (χ1) is 10.2. The van der Waals surface area contributed by atoms with Crippen LogP contribution in [0.4, 0.5) is 11.4 Å². The number of halogens is 1. The van der Waals surface area contributed by atoms with Gasteiger partial charge in [-0.25, -0.2) is 0 Å². The van der Waals surface area contributed by atoms with Gasteiger partial charge >= 0.3 is 0 Å². The molecule has 2 aromatic rings. The number of carbonyl (C=O) groups is 1. The second kappa shape index (κ2) is 5.88. The molecule has 0 amide bonds. The average Bonchev–Trinajstić information content (AvgIpc) is 2.59. The molecule has 2 N–H and O–H groups in total. The molecule has 0 saturated carbocycles. The molecular formula is C17H17ClN2O. The first-order valence-corrected chi connectivity index (χ1v) is 7.47. The number of anilines is 2. The van der Waals surface area contributed by atoms with Gasteiger partial charge in [0, 0.05) is 29.2 Å². The highest BCUT2D eigenvalue weighted by atomic mass is 35.5. The highest BCUT2D eigenvalue weighted by Crippen LogP contribution is 2.37. The molecule has 0 aliphatic carbocycles. The number of nitrogens with two attached hydrogens (primary N) is 1. The fourth-order valence-corrected chi connectivity index (χ4v) is 2.94. The maximum Gasteiger partial charge on any atom is 0.169 e. The molecule has 0 fully saturated rings. The Hall–Kier alpha value is -1.84. The summed E-state index contributed by atoms with van der Waals surface area (Å²) < 4.78 is 0. The zero-order valence-electron chi connectivity index (χ0n) is 11.7. The van der Waals surface area contributed by atoms with Crippen molar-refractivity contribution in [2.75, 3.05) is 18.0 Å². The van der Waals surface area contributed by atoms with Crippen molar-refractivity contribution in [3.63, 3.8) is 0 Å². The lowest BCUT2D eigenvalue weighted by atomic mass is 10.0. The summed E-state index contributed by atoms with van der Waals surface area (Å²) in [6.45, 7) is 1.39. The number of nitrogens with zero attached hydrogens (tertiary/aromatic N) is 1. The number of para-hydroxylation sites is 1. The van der Waals surface area contributed by atoms with E-state index < -0.39 is 0 Å². The number of benzene rings is 2. The molecule has 0 aromatic heterocycles. The second-order valence-electron chi connectivity index (χ2n) is 5.18. The van der Waals surface area contributed by atoms with E-state index in [1.165, 1.54) is 0 Å². The monoisotopic (exact) mass is 300 g/mol. The summed E-state index contributed by atoms with van der Waals surface area (Å²) in [5.74, 6) is 0.129. The van der Waals surface area contributed by atoms with Crippen LogP contribution < -0.4 is 10.6 Å². The van der Waals surface area contributed by atoms with Crippen LogP contribution in [0.25, 0.3) is 0 Å². The van der Waals surface area contributed by atoms with E-state index >= 15 is 0 Å². The third-order valence-corrected chi connectivity index (χ3v) is 4.01. The van der Waals surface area contributed by atoms with Gasteiger partial charge in [0.25, 0.3) is 0 Å². The molecule has 1 aliphatic heterocycles. The van der Waals surface area contributed by atoms with Crippen LogP contribution >= 0.6 is 11.6 Å². The fraction of sp³-hybridized carbons (Fsp3) is 0.235. The fourth-order valence-electron chi connectivity index (χ4n) is 2.78. The Morgan fingerprint density at radius 1 is 1.14 bits per heavy atom. The van der Waals surface area contributed by atoms with Gasteiger partial charge in [-0.1, -0.05) is 29.8 Å². The highest BCUT2D eigenvalue weighted by Gasteiger charge is 2.24. The van der Waals surface area contributed by atoms with Crippen LogP contribution in [-0.4, -0.2) is 18.9 Å². The number of Topliss-reactive ketones (excluding diaryl/α,β-unsaturated/α-hetero) is 1. The van der Waals surface area contributed by atoms with E-state index in [0.29, 0.717) is 18.0 Å². The first kappa shape index (κ1) is 14.1. The summed E-state index contributed by atoms with van der Waals surface area (Å²) in [6, 6.07) is 13.5. The standard InChI is InChI=1S/C17H17ClN2O/c18-13-6-7-14-16(11-13)20(9-3-8-19)15-5-2-1-4-12(15)10-17(14)21/h1-2,4-7,11H,3,8-10,19H2. The van der Waals surface area contributed by atoms with E-state index in [0.717, 1.165) is 35.5 Å². The molecule has 0 atom stereocenters. The molecule has 0 radical (unpaired) electrons. The van der Waals surface area contributed by atoms with Crippen LogP contribution in [0.15, 0.2) is 42.5 Å². The summed E-state index contributed by atoms with van der Waals surface area (Å²) in [7, 11) is 0. The Balaban J connectivity index is 2.18. The van der Waals surface area contributed by atoms with Crippen LogP contribution in [-0.2, 0) is 6.42 Å². The average molecular weight is 301 g/mol. The van der Waals surface area contributed by atoms with E-state index in [-0.39, 0.29) is 5.78 Å².